The fourth-order valence-electron chi connectivity index (χ4n) is 2.98. The van der Waals surface area contributed by atoms with Crippen LogP contribution in [0.3, 0.4) is 0 Å². The van der Waals surface area contributed by atoms with Crippen LogP contribution >= 0.6 is 0 Å². The maximum atomic E-state index is 13.2. The average molecular weight is 376 g/mol. The zero-order valence-electron chi connectivity index (χ0n) is 14.2. The molecule has 1 N–H and O–H groups in total. The lowest BCUT2D eigenvalue weighted by atomic mass is 10.1. The summed E-state index contributed by atoms with van der Waals surface area (Å²) in [6.07, 6.45) is 0.674. The normalized spacial score (nSPS) is 15.7. The Morgan fingerprint density at radius 3 is 2.70 bits per heavy atom. The molecule has 3 aromatic heterocycles. The van der Waals surface area contributed by atoms with Crippen LogP contribution in [0.1, 0.15) is 28.9 Å². The van der Waals surface area contributed by atoms with Gasteiger partial charge in [0.2, 0.25) is 0 Å². The molecule has 0 aromatic carbocycles. The zero-order chi connectivity index (χ0) is 19.2. The molecule has 0 saturated heterocycles. The summed E-state index contributed by atoms with van der Waals surface area (Å²) in [5.41, 5.74) is 2.07. The summed E-state index contributed by atoms with van der Waals surface area (Å²) in [7, 11) is 0. The second kappa shape index (κ2) is 6.29. The Bertz CT molecular complexity index is 997. The van der Waals surface area contributed by atoms with Crippen molar-refractivity contribution in [1.82, 2.24) is 30.1 Å². The molecule has 0 radical (unpaired) electrons. The lowest BCUT2D eigenvalue weighted by molar-refractivity contribution is -0.158. The highest BCUT2D eigenvalue weighted by Crippen LogP contribution is 2.40. The number of halogens is 3. The van der Waals surface area contributed by atoms with Crippen LogP contribution in [0.5, 0.6) is 0 Å². The topological polar surface area (TPSA) is 85.1 Å². The van der Waals surface area contributed by atoms with E-state index in [-0.39, 0.29) is 11.2 Å². The Balaban J connectivity index is 1.71. The van der Waals surface area contributed by atoms with Crippen molar-refractivity contribution in [3.05, 3.63) is 42.0 Å². The molecule has 10 heteroatoms. The van der Waals surface area contributed by atoms with Gasteiger partial charge in [-0.3, -0.25) is 4.79 Å². The van der Waals surface area contributed by atoms with Crippen LogP contribution in [0, 0.1) is 12.8 Å². The number of aromatic nitrogens is 5. The summed E-state index contributed by atoms with van der Waals surface area (Å²) in [6, 6.07) is 1.60. The van der Waals surface area contributed by atoms with Gasteiger partial charge in [0, 0.05) is 11.3 Å². The Morgan fingerprint density at radius 2 is 2.07 bits per heavy atom. The molecule has 1 saturated carbocycles. The lowest BCUT2D eigenvalue weighted by Gasteiger charge is -2.20. The molecule has 0 spiro atoms. The molecule has 1 atom stereocenters. The number of hydrogen-bond donors (Lipinski definition) is 1. The minimum Gasteiger partial charge on any atom is -0.340 e. The number of carbonyl (C=O) groups is 1. The molecule has 4 rings (SSSR count). The van der Waals surface area contributed by atoms with Crippen molar-refractivity contribution in [3.8, 4) is 11.3 Å². The van der Waals surface area contributed by atoms with Crippen molar-refractivity contribution in [2.75, 3.05) is 0 Å². The molecule has 27 heavy (non-hydrogen) atoms. The molecule has 0 bridgehead atoms. The predicted molar refractivity (Wildman–Crippen MR) is 88.8 cm³/mol. The number of nitrogens with zero attached hydrogens (tertiary/aromatic N) is 5. The van der Waals surface area contributed by atoms with Crippen molar-refractivity contribution < 1.29 is 18.0 Å². The molecule has 1 aliphatic rings. The minimum atomic E-state index is -4.49. The second-order valence-electron chi connectivity index (χ2n) is 6.54. The van der Waals surface area contributed by atoms with E-state index in [2.05, 4.69) is 25.6 Å². The molecule has 1 aliphatic carbocycles. The van der Waals surface area contributed by atoms with Gasteiger partial charge >= 0.3 is 6.18 Å². The highest BCUT2D eigenvalue weighted by molar-refractivity contribution is 6.00. The van der Waals surface area contributed by atoms with Crippen molar-refractivity contribution in [2.24, 2.45) is 5.92 Å². The van der Waals surface area contributed by atoms with Crippen molar-refractivity contribution >= 4 is 11.6 Å². The van der Waals surface area contributed by atoms with Gasteiger partial charge < -0.3 is 5.32 Å². The molecule has 3 heterocycles. The lowest BCUT2D eigenvalue weighted by Crippen LogP contribution is -2.46. The smallest absolute Gasteiger partial charge is 0.340 e. The van der Waals surface area contributed by atoms with Gasteiger partial charge in [-0.15, -0.1) is 0 Å². The number of rotatable bonds is 4. The second-order valence-corrected chi connectivity index (χ2v) is 6.54. The van der Waals surface area contributed by atoms with Gasteiger partial charge in [-0.25, -0.2) is 9.50 Å². The van der Waals surface area contributed by atoms with E-state index in [0.29, 0.717) is 29.8 Å². The Morgan fingerprint density at radius 1 is 1.30 bits per heavy atom. The number of alkyl halides is 3. The summed E-state index contributed by atoms with van der Waals surface area (Å²) in [4.78, 5) is 16.9. The Kier molecular flexibility index (Phi) is 4.05. The average Bonchev–Trinajstić information content (AvgIpc) is 3.37. The number of aryl methyl sites for hydroxylation is 1. The molecule has 0 aliphatic heterocycles. The van der Waals surface area contributed by atoms with Gasteiger partial charge in [0.05, 0.1) is 24.3 Å². The quantitative estimate of drug-likeness (QED) is 0.757. The minimum absolute atomic E-state index is 0.00290. The molecular weight excluding hydrogens is 361 g/mol. The van der Waals surface area contributed by atoms with E-state index in [1.165, 1.54) is 23.1 Å². The molecule has 1 amide bonds. The van der Waals surface area contributed by atoms with Crippen LogP contribution in [-0.2, 0) is 0 Å². The van der Waals surface area contributed by atoms with Crippen LogP contribution in [0.2, 0.25) is 0 Å². The number of hydrogen-bond acceptors (Lipinski definition) is 5. The third-order valence-corrected chi connectivity index (χ3v) is 4.51. The summed E-state index contributed by atoms with van der Waals surface area (Å²) in [5, 5.41) is 13.7. The SMILES string of the molecule is Cc1cc(-c2ccnnc2)nc2c(C(=O)NC(C3CC3)C(F)(F)F)cnn12. The van der Waals surface area contributed by atoms with E-state index >= 15 is 0 Å². The third-order valence-electron chi connectivity index (χ3n) is 4.51. The maximum absolute atomic E-state index is 13.2. The molecule has 1 fully saturated rings. The van der Waals surface area contributed by atoms with Gasteiger partial charge in [-0.1, -0.05) is 0 Å². The number of amides is 1. The molecule has 1 unspecified atom stereocenters. The van der Waals surface area contributed by atoms with E-state index in [4.69, 9.17) is 0 Å². The van der Waals surface area contributed by atoms with E-state index < -0.39 is 24.0 Å². The first kappa shape index (κ1) is 17.4. The Hall–Kier alpha value is -3.04. The van der Waals surface area contributed by atoms with E-state index in [9.17, 15) is 18.0 Å². The number of nitrogens with one attached hydrogen (secondary N) is 1. The molecule has 3 aromatic rings. The molecule has 7 nitrogen and oxygen atoms in total. The van der Waals surface area contributed by atoms with Crippen molar-refractivity contribution in [1.29, 1.82) is 0 Å². The zero-order valence-corrected chi connectivity index (χ0v) is 14.2. The third kappa shape index (κ3) is 3.34. The first-order chi connectivity index (χ1) is 12.8. The highest BCUT2D eigenvalue weighted by Gasteiger charge is 2.49. The summed E-state index contributed by atoms with van der Waals surface area (Å²) >= 11 is 0. The van der Waals surface area contributed by atoms with Crippen molar-refractivity contribution in [2.45, 2.75) is 32.0 Å². The summed E-state index contributed by atoms with van der Waals surface area (Å²) in [6.45, 7) is 1.77. The van der Waals surface area contributed by atoms with Crippen LogP contribution < -0.4 is 5.32 Å². The standard InChI is InChI=1S/C17H15F3N6O/c1-9-6-13(11-4-5-21-22-7-11)24-15-12(8-23-26(9)15)16(27)25-14(10-2-3-10)17(18,19)20/h4-8,10,14H,2-3H2,1H3,(H,25,27). The van der Waals surface area contributed by atoms with Gasteiger partial charge in [-0.2, -0.15) is 28.5 Å². The van der Waals surface area contributed by atoms with Crippen LogP contribution in [0.4, 0.5) is 13.2 Å². The van der Waals surface area contributed by atoms with E-state index in [0.717, 1.165) is 0 Å². The maximum Gasteiger partial charge on any atom is 0.408 e. The first-order valence-corrected chi connectivity index (χ1v) is 8.34. The number of fused-ring (bicyclic) bond motifs is 1. The summed E-state index contributed by atoms with van der Waals surface area (Å²) in [5.74, 6) is -1.40. The van der Waals surface area contributed by atoms with Crippen LogP contribution in [0.25, 0.3) is 16.9 Å². The van der Waals surface area contributed by atoms with Gasteiger partial charge in [-0.05, 0) is 37.8 Å². The van der Waals surface area contributed by atoms with Crippen molar-refractivity contribution in [3.63, 3.8) is 0 Å². The Labute approximate surface area is 151 Å². The molecule has 140 valence electrons. The van der Waals surface area contributed by atoms with Gasteiger partial charge in [0.1, 0.15) is 11.6 Å². The van der Waals surface area contributed by atoms with Crippen LogP contribution in [-0.4, -0.2) is 42.9 Å². The predicted octanol–water partition coefficient (Wildman–Crippen LogP) is 2.57. The van der Waals surface area contributed by atoms with Gasteiger partial charge in [0.15, 0.2) is 5.65 Å². The van der Waals surface area contributed by atoms with E-state index in [1.807, 2.05) is 0 Å². The fraction of sp³-hybridized carbons (Fsp3) is 0.353. The molecular formula is C17H15F3N6O. The van der Waals surface area contributed by atoms with Gasteiger partial charge in [0.25, 0.3) is 5.91 Å². The first-order valence-electron chi connectivity index (χ1n) is 8.34. The highest BCUT2D eigenvalue weighted by atomic mass is 19.4. The van der Waals surface area contributed by atoms with Crippen LogP contribution in [0.15, 0.2) is 30.7 Å². The fourth-order valence-corrected chi connectivity index (χ4v) is 2.98. The monoisotopic (exact) mass is 376 g/mol. The van der Waals surface area contributed by atoms with E-state index in [1.54, 1.807) is 19.1 Å². The largest absolute Gasteiger partial charge is 0.408 e. The number of carbonyl (C=O) groups excluding carboxylic acids is 1. The summed E-state index contributed by atoms with van der Waals surface area (Å²) < 4.78 is 41.1.